The Hall–Kier alpha value is -1.97. The van der Waals surface area contributed by atoms with Gasteiger partial charge < -0.3 is 19.1 Å². The maximum Gasteiger partial charge on any atom is 0.320 e. The summed E-state index contributed by atoms with van der Waals surface area (Å²) >= 11 is 0. The normalized spacial score (nSPS) is 19.1. The van der Waals surface area contributed by atoms with Gasteiger partial charge in [-0.05, 0) is 6.92 Å². The molecule has 0 atom stereocenters. The molecule has 0 spiro atoms. The first-order valence-corrected chi connectivity index (χ1v) is 9.63. The van der Waals surface area contributed by atoms with E-state index >= 15 is 0 Å². The topological polar surface area (TPSA) is 80.3 Å². The fraction of sp³-hybridized carbons (Fsp3) is 0.722. The van der Waals surface area contributed by atoms with Crippen LogP contribution in [0.15, 0.2) is 12.4 Å². The van der Waals surface area contributed by atoms with Gasteiger partial charge in [-0.2, -0.15) is 0 Å². The molecule has 150 valence electrons. The molecule has 9 nitrogen and oxygen atoms in total. The number of aromatic nitrogens is 2. The van der Waals surface area contributed by atoms with Crippen LogP contribution in [0.1, 0.15) is 6.92 Å². The zero-order valence-electron chi connectivity index (χ0n) is 16.0. The average molecular weight is 379 g/mol. The molecular formula is C18H29N5O4. The molecule has 27 heavy (non-hydrogen) atoms. The van der Waals surface area contributed by atoms with Gasteiger partial charge in [0.15, 0.2) is 5.82 Å². The molecular weight excluding hydrogens is 350 g/mol. The van der Waals surface area contributed by atoms with E-state index in [1.807, 2.05) is 6.92 Å². The first kappa shape index (κ1) is 19.8. The van der Waals surface area contributed by atoms with Crippen molar-refractivity contribution in [2.75, 3.05) is 83.7 Å². The van der Waals surface area contributed by atoms with Crippen molar-refractivity contribution in [3.05, 3.63) is 12.4 Å². The van der Waals surface area contributed by atoms with Crippen LogP contribution in [0.4, 0.5) is 5.82 Å². The van der Waals surface area contributed by atoms with E-state index < -0.39 is 0 Å². The largest absolute Gasteiger partial charge is 0.474 e. The van der Waals surface area contributed by atoms with Gasteiger partial charge in [-0.15, -0.1) is 0 Å². The summed E-state index contributed by atoms with van der Waals surface area (Å²) in [5, 5.41) is 0. The molecule has 0 N–H and O–H groups in total. The van der Waals surface area contributed by atoms with E-state index in [9.17, 15) is 4.79 Å². The Kier molecular flexibility index (Phi) is 7.61. The Morgan fingerprint density at radius 3 is 2.56 bits per heavy atom. The molecule has 9 heteroatoms. The Bertz CT molecular complexity index is 589. The summed E-state index contributed by atoms with van der Waals surface area (Å²) in [4.78, 5) is 27.1. The van der Waals surface area contributed by atoms with Crippen LogP contribution in [0.2, 0.25) is 0 Å². The van der Waals surface area contributed by atoms with Crippen LogP contribution in [0.25, 0.3) is 0 Å². The SMILES string of the molecule is CCOC(=O)CN1CCN(c2nccnc2OCCN2CCOCC2)CC1. The molecule has 0 aromatic carbocycles. The van der Waals surface area contributed by atoms with Crippen LogP contribution in [0.3, 0.4) is 0 Å². The highest BCUT2D eigenvalue weighted by Crippen LogP contribution is 2.23. The average Bonchev–Trinajstić information content (AvgIpc) is 2.70. The fourth-order valence-electron chi connectivity index (χ4n) is 3.24. The number of carbonyl (C=O) groups excluding carboxylic acids is 1. The number of nitrogens with zero attached hydrogens (tertiary/aromatic N) is 5. The van der Waals surface area contributed by atoms with Gasteiger partial charge in [0, 0.05) is 58.2 Å². The first-order chi connectivity index (χ1) is 13.3. The van der Waals surface area contributed by atoms with Gasteiger partial charge in [0.25, 0.3) is 5.88 Å². The summed E-state index contributed by atoms with van der Waals surface area (Å²) in [6, 6.07) is 0. The second-order valence-electron chi connectivity index (χ2n) is 6.56. The molecule has 0 amide bonds. The number of esters is 1. The maximum atomic E-state index is 11.6. The molecule has 0 bridgehead atoms. The van der Waals surface area contributed by atoms with E-state index in [4.69, 9.17) is 14.2 Å². The number of piperazine rings is 1. The van der Waals surface area contributed by atoms with Gasteiger partial charge in [-0.3, -0.25) is 14.6 Å². The van der Waals surface area contributed by atoms with Gasteiger partial charge in [-0.1, -0.05) is 0 Å². The number of anilines is 1. The molecule has 1 aromatic heterocycles. The quantitative estimate of drug-likeness (QED) is 0.574. The zero-order chi connectivity index (χ0) is 18.9. The Morgan fingerprint density at radius 2 is 1.81 bits per heavy atom. The Labute approximate surface area is 160 Å². The van der Waals surface area contributed by atoms with Crippen molar-refractivity contribution in [2.24, 2.45) is 0 Å². The number of rotatable bonds is 8. The van der Waals surface area contributed by atoms with Gasteiger partial charge in [0.05, 0.1) is 26.4 Å². The third-order valence-electron chi connectivity index (χ3n) is 4.73. The van der Waals surface area contributed by atoms with E-state index in [0.29, 0.717) is 25.6 Å². The van der Waals surface area contributed by atoms with Crippen molar-refractivity contribution in [1.82, 2.24) is 19.8 Å². The molecule has 1 aromatic rings. The number of ether oxygens (including phenoxy) is 3. The lowest BCUT2D eigenvalue weighted by molar-refractivity contribution is -0.144. The second kappa shape index (κ2) is 10.4. The number of hydrogen-bond acceptors (Lipinski definition) is 9. The lowest BCUT2D eigenvalue weighted by Crippen LogP contribution is -2.48. The van der Waals surface area contributed by atoms with Crippen molar-refractivity contribution in [3.63, 3.8) is 0 Å². The highest BCUT2D eigenvalue weighted by Gasteiger charge is 2.23. The third kappa shape index (κ3) is 6.02. The highest BCUT2D eigenvalue weighted by atomic mass is 16.5. The van der Waals surface area contributed by atoms with E-state index in [0.717, 1.165) is 64.8 Å². The molecule has 3 heterocycles. The Balaban J connectivity index is 1.48. The minimum atomic E-state index is -0.169. The molecule has 3 rings (SSSR count). The zero-order valence-corrected chi connectivity index (χ0v) is 16.0. The molecule has 2 aliphatic rings. The van der Waals surface area contributed by atoms with E-state index in [1.54, 1.807) is 12.4 Å². The molecule has 2 saturated heterocycles. The van der Waals surface area contributed by atoms with Gasteiger partial charge in [-0.25, -0.2) is 9.97 Å². The maximum absolute atomic E-state index is 11.6. The summed E-state index contributed by atoms with van der Waals surface area (Å²) in [5.74, 6) is 1.18. The predicted octanol–water partition coefficient (Wildman–Crippen LogP) is -0.127. The van der Waals surface area contributed by atoms with Crippen LogP contribution in [-0.4, -0.2) is 105 Å². The third-order valence-corrected chi connectivity index (χ3v) is 4.73. The van der Waals surface area contributed by atoms with Gasteiger partial charge in [0.2, 0.25) is 0 Å². The molecule has 0 aliphatic carbocycles. The molecule has 2 fully saturated rings. The Morgan fingerprint density at radius 1 is 1.07 bits per heavy atom. The summed E-state index contributed by atoms with van der Waals surface area (Å²) in [7, 11) is 0. The van der Waals surface area contributed by atoms with E-state index in [2.05, 4.69) is 24.7 Å². The lowest BCUT2D eigenvalue weighted by Gasteiger charge is -2.35. The van der Waals surface area contributed by atoms with Crippen molar-refractivity contribution in [2.45, 2.75) is 6.92 Å². The second-order valence-corrected chi connectivity index (χ2v) is 6.56. The van der Waals surface area contributed by atoms with Crippen molar-refractivity contribution in [3.8, 4) is 5.88 Å². The molecule has 0 radical (unpaired) electrons. The van der Waals surface area contributed by atoms with E-state index in [1.165, 1.54) is 0 Å². The van der Waals surface area contributed by atoms with Crippen molar-refractivity contribution < 1.29 is 19.0 Å². The monoisotopic (exact) mass is 379 g/mol. The minimum Gasteiger partial charge on any atom is -0.474 e. The standard InChI is InChI=1S/C18H29N5O4/c1-2-26-16(24)15-22-5-7-23(8-6-22)17-18(20-4-3-19-17)27-14-11-21-9-12-25-13-10-21/h3-4H,2,5-15H2,1H3. The number of hydrogen-bond donors (Lipinski definition) is 0. The molecule has 2 aliphatic heterocycles. The van der Waals surface area contributed by atoms with Crippen LogP contribution in [0, 0.1) is 0 Å². The van der Waals surface area contributed by atoms with Gasteiger partial charge >= 0.3 is 5.97 Å². The van der Waals surface area contributed by atoms with Crippen molar-refractivity contribution in [1.29, 1.82) is 0 Å². The van der Waals surface area contributed by atoms with Crippen LogP contribution < -0.4 is 9.64 Å². The van der Waals surface area contributed by atoms with Crippen LogP contribution in [-0.2, 0) is 14.3 Å². The highest BCUT2D eigenvalue weighted by molar-refractivity contribution is 5.71. The minimum absolute atomic E-state index is 0.169. The van der Waals surface area contributed by atoms with E-state index in [-0.39, 0.29) is 5.97 Å². The van der Waals surface area contributed by atoms with Crippen LogP contribution in [0.5, 0.6) is 5.88 Å². The molecule has 0 unspecified atom stereocenters. The summed E-state index contributed by atoms with van der Waals surface area (Å²) < 4.78 is 16.3. The summed E-state index contributed by atoms with van der Waals surface area (Å²) in [5.41, 5.74) is 0. The van der Waals surface area contributed by atoms with Crippen molar-refractivity contribution >= 4 is 11.8 Å². The fourth-order valence-corrected chi connectivity index (χ4v) is 3.24. The summed E-state index contributed by atoms with van der Waals surface area (Å²) in [6.07, 6.45) is 3.35. The molecule has 0 saturated carbocycles. The van der Waals surface area contributed by atoms with Gasteiger partial charge in [0.1, 0.15) is 6.61 Å². The first-order valence-electron chi connectivity index (χ1n) is 9.63. The smallest absolute Gasteiger partial charge is 0.320 e. The predicted molar refractivity (Wildman–Crippen MR) is 100 cm³/mol. The number of morpholine rings is 1. The van der Waals surface area contributed by atoms with Crippen LogP contribution >= 0.6 is 0 Å². The summed E-state index contributed by atoms with van der Waals surface area (Å²) in [6.45, 7) is 10.6. The number of carbonyl (C=O) groups is 1. The lowest BCUT2D eigenvalue weighted by atomic mass is 10.3.